The Morgan fingerprint density at radius 1 is 0.220 bits per heavy atom. The molecule has 0 unspecified atom stereocenters. The molecule has 1 heterocycles. The minimum absolute atomic E-state index is 0.636. The lowest BCUT2D eigenvalue weighted by atomic mass is 9.91. The van der Waals surface area contributed by atoms with E-state index < -0.39 is 0 Å². The van der Waals surface area contributed by atoms with Gasteiger partial charge in [0.25, 0.3) is 0 Å². The van der Waals surface area contributed by atoms with E-state index in [0.29, 0.717) is 17.5 Å². The van der Waals surface area contributed by atoms with Crippen LogP contribution in [0, 0.1) is 0 Å². The lowest BCUT2D eigenvalue weighted by Gasteiger charge is -2.14. The first-order valence-electron chi connectivity index (χ1n) is 16.9. The maximum atomic E-state index is 5.18. The number of fused-ring (bicyclic) bond motifs is 2. The van der Waals surface area contributed by atoms with E-state index in [-0.39, 0.29) is 0 Å². The van der Waals surface area contributed by atoms with Crippen LogP contribution in [0.2, 0.25) is 0 Å². The van der Waals surface area contributed by atoms with Crippen molar-refractivity contribution >= 4 is 21.5 Å². The first kappa shape index (κ1) is 29.4. The molecule has 9 aromatic rings. The standard InChI is InChI=1S/C47H31N3/c1-4-15-32(16-5-1)37-27-28-39(42-25-11-10-23-40(37)42)35-21-14-22-36(31-35)46-48-45(34-19-8-3-9-20-34)49-47(50-46)44-30-29-38(33-17-6-2-7-18-33)41-24-12-13-26-43(41)44/h1-31H. The zero-order valence-electron chi connectivity index (χ0n) is 27.2. The van der Waals surface area contributed by atoms with E-state index >= 15 is 0 Å². The third-order valence-corrected chi connectivity index (χ3v) is 9.36. The average Bonchev–Trinajstić information content (AvgIpc) is 3.21. The molecule has 0 aliphatic heterocycles. The third-order valence-electron chi connectivity index (χ3n) is 9.36. The van der Waals surface area contributed by atoms with Gasteiger partial charge in [-0.05, 0) is 67.1 Å². The van der Waals surface area contributed by atoms with Gasteiger partial charge in [0.1, 0.15) is 0 Å². The van der Waals surface area contributed by atoms with E-state index in [4.69, 9.17) is 15.0 Å². The molecular formula is C47H31N3. The van der Waals surface area contributed by atoms with Crippen molar-refractivity contribution in [2.45, 2.75) is 0 Å². The van der Waals surface area contributed by atoms with Crippen LogP contribution in [0.3, 0.4) is 0 Å². The summed E-state index contributed by atoms with van der Waals surface area (Å²) in [6.07, 6.45) is 0. The largest absolute Gasteiger partial charge is 0.208 e. The van der Waals surface area contributed by atoms with Gasteiger partial charge in [0.05, 0.1) is 0 Å². The molecule has 0 radical (unpaired) electrons. The van der Waals surface area contributed by atoms with Gasteiger partial charge in [-0.15, -0.1) is 0 Å². The highest BCUT2D eigenvalue weighted by Crippen LogP contribution is 2.38. The van der Waals surface area contributed by atoms with Crippen molar-refractivity contribution in [3.63, 3.8) is 0 Å². The summed E-state index contributed by atoms with van der Waals surface area (Å²) in [7, 11) is 0. The number of benzene rings is 8. The van der Waals surface area contributed by atoms with Crippen molar-refractivity contribution in [1.82, 2.24) is 15.0 Å². The number of aromatic nitrogens is 3. The molecule has 3 heteroatoms. The highest BCUT2D eigenvalue weighted by atomic mass is 15.0. The summed E-state index contributed by atoms with van der Waals surface area (Å²) in [6.45, 7) is 0. The number of hydrogen-bond acceptors (Lipinski definition) is 3. The van der Waals surface area contributed by atoms with Crippen LogP contribution in [0.15, 0.2) is 188 Å². The molecule has 0 saturated heterocycles. The van der Waals surface area contributed by atoms with Crippen molar-refractivity contribution in [2.24, 2.45) is 0 Å². The van der Waals surface area contributed by atoms with Gasteiger partial charge in [0.2, 0.25) is 0 Å². The summed E-state index contributed by atoms with van der Waals surface area (Å²) in [5, 5.41) is 4.69. The van der Waals surface area contributed by atoms with E-state index in [9.17, 15) is 0 Å². The molecule has 0 atom stereocenters. The van der Waals surface area contributed by atoms with Crippen LogP contribution in [-0.2, 0) is 0 Å². The predicted molar refractivity (Wildman–Crippen MR) is 207 cm³/mol. The van der Waals surface area contributed by atoms with E-state index in [0.717, 1.165) is 33.0 Å². The van der Waals surface area contributed by atoms with Gasteiger partial charge in [-0.2, -0.15) is 0 Å². The summed E-state index contributed by atoms with van der Waals surface area (Å²) >= 11 is 0. The molecule has 1 aromatic heterocycles. The topological polar surface area (TPSA) is 38.7 Å². The Bertz CT molecular complexity index is 2630. The van der Waals surface area contributed by atoms with Crippen molar-refractivity contribution in [1.29, 1.82) is 0 Å². The Morgan fingerprint density at radius 3 is 1.08 bits per heavy atom. The van der Waals surface area contributed by atoms with E-state index in [2.05, 4.69) is 170 Å². The van der Waals surface area contributed by atoms with Crippen molar-refractivity contribution in [2.75, 3.05) is 0 Å². The average molecular weight is 638 g/mol. The zero-order valence-corrected chi connectivity index (χ0v) is 27.2. The Kier molecular flexibility index (Phi) is 7.49. The summed E-state index contributed by atoms with van der Waals surface area (Å²) in [6, 6.07) is 65.8. The van der Waals surface area contributed by atoms with Gasteiger partial charge in [-0.1, -0.05) is 176 Å². The molecule has 234 valence electrons. The summed E-state index contributed by atoms with van der Waals surface area (Å²) in [5.74, 6) is 1.93. The zero-order chi connectivity index (χ0) is 33.3. The smallest absolute Gasteiger partial charge is 0.164 e. The number of hydrogen-bond donors (Lipinski definition) is 0. The van der Waals surface area contributed by atoms with Gasteiger partial charge in [0, 0.05) is 16.7 Å². The normalized spacial score (nSPS) is 11.2. The van der Waals surface area contributed by atoms with Gasteiger partial charge in [-0.25, -0.2) is 15.0 Å². The fourth-order valence-corrected chi connectivity index (χ4v) is 6.95. The molecule has 0 aliphatic carbocycles. The third kappa shape index (κ3) is 5.41. The Balaban J connectivity index is 1.21. The molecule has 0 fully saturated rings. The quantitative estimate of drug-likeness (QED) is 0.182. The Hall–Kier alpha value is -6.71. The number of rotatable bonds is 6. The molecule has 0 spiro atoms. The molecule has 50 heavy (non-hydrogen) atoms. The lowest BCUT2D eigenvalue weighted by Crippen LogP contribution is -2.01. The van der Waals surface area contributed by atoms with Crippen molar-refractivity contribution < 1.29 is 0 Å². The Morgan fingerprint density at radius 2 is 0.560 bits per heavy atom. The van der Waals surface area contributed by atoms with Crippen LogP contribution in [-0.4, -0.2) is 15.0 Å². The molecule has 0 N–H and O–H groups in total. The summed E-state index contributed by atoms with van der Waals surface area (Å²) < 4.78 is 0. The summed E-state index contributed by atoms with van der Waals surface area (Å²) in [4.78, 5) is 15.3. The fourth-order valence-electron chi connectivity index (χ4n) is 6.95. The fraction of sp³-hybridized carbons (Fsp3) is 0. The van der Waals surface area contributed by atoms with E-state index in [1.54, 1.807) is 0 Å². The van der Waals surface area contributed by atoms with Gasteiger partial charge < -0.3 is 0 Å². The maximum Gasteiger partial charge on any atom is 0.164 e. The minimum atomic E-state index is 0.636. The van der Waals surface area contributed by atoms with E-state index in [1.165, 1.54) is 38.6 Å². The number of nitrogens with zero attached hydrogens (tertiary/aromatic N) is 3. The van der Waals surface area contributed by atoms with E-state index in [1.807, 2.05) is 18.2 Å². The van der Waals surface area contributed by atoms with Gasteiger partial charge in [0.15, 0.2) is 17.5 Å². The molecule has 8 aromatic carbocycles. The molecular weight excluding hydrogens is 607 g/mol. The van der Waals surface area contributed by atoms with Crippen molar-refractivity contribution in [3.8, 4) is 67.5 Å². The summed E-state index contributed by atoms with van der Waals surface area (Å²) in [5.41, 5.74) is 9.92. The molecule has 9 rings (SSSR count). The monoisotopic (exact) mass is 637 g/mol. The molecule has 3 nitrogen and oxygen atoms in total. The van der Waals surface area contributed by atoms with Crippen LogP contribution in [0.5, 0.6) is 0 Å². The maximum absolute atomic E-state index is 5.18. The second-order valence-electron chi connectivity index (χ2n) is 12.4. The second kappa shape index (κ2) is 12.7. The first-order valence-corrected chi connectivity index (χ1v) is 16.9. The highest BCUT2D eigenvalue weighted by Gasteiger charge is 2.17. The highest BCUT2D eigenvalue weighted by molar-refractivity contribution is 6.06. The van der Waals surface area contributed by atoms with Crippen LogP contribution in [0.4, 0.5) is 0 Å². The van der Waals surface area contributed by atoms with Gasteiger partial charge >= 0.3 is 0 Å². The Labute approximate surface area is 291 Å². The predicted octanol–water partition coefficient (Wildman–Crippen LogP) is 12.2. The van der Waals surface area contributed by atoms with Crippen LogP contribution in [0.1, 0.15) is 0 Å². The minimum Gasteiger partial charge on any atom is -0.208 e. The lowest BCUT2D eigenvalue weighted by molar-refractivity contribution is 1.08. The first-order chi connectivity index (χ1) is 24.8. The molecule has 0 bridgehead atoms. The molecule has 0 amide bonds. The SMILES string of the molecule is c1ccc(-c2nc(-c3cccc(-c4ccc(-c5ccccc5)c5ccccc45)c3)nc(-c3ccc(-c4ccccc4)c4ccccc34)n2)cc1. The second-order valence-corrected chi connectivity index (χ2v) is 12.4. The molecule has 0 aliphatic rings. The van der Waals surface area contributed by atoms with Crippen LogP contribution >= 0.6 is 0 Å². The van der Waals surface area contributed by atoms with Crippen molar-refractivity contribution in [3.05, 3.63) is 188 Å². The van der Waals surface area contributed by atoms with Gasteiger partial charge in [-0.3, -0.25) is 0 Å². The van der Waals surface area contributed by atoms with Crippen LogP contribution in [0.25, 0.3) is 89.1 Å². The molecule has 0 saturated carbocycles. The van der Waals surface area contributed by atoms with Crippen LogP contribution < -0.4 is 0 Å².